The lowest BCUT2D eigenvalue weighted by Crippen LogP contribution is -2.09. The molecule has 1 atom stereocenters. The van der Waals surface area contributed by atoms with Gasteiger partial charge in [-0.15, -0.1) is 0 Å². The van der Waals surface area contributed by atoms with Gasteiger partial charge in [0.25, 0.3) is 0 Å². The van der Waals surface area contributed by atoms with Gasteiger partial charge >= 0.3 is 11.9 Å². The van der Waals surface area contributed by atoms with Crippen LogP contribution in [-0.2, 0) is 6.42 Å². The number of carboxylic acids is 1. The molecule has 2 heterocycles. The Labute approximate surface area is 90.7 Å². The third kappa shape index (κ3) is 2.08. The molecular formula is C9H10N4O3. The average molecular weight is 222 g/mol. The fourth-order valence-corrected chi connectivity index (χ4v) is 1.32. The number of rotatable bonds is 4. The highest BCUT2D eigenvalue weighted by atomic mass is 16.5. The van der Waals surface area contributed by atoms with Crippen molar-refractivity contribution in [1.29, 1.82) is 0 Å². The zero-order chi connectivity index (χ0) is 11.5. The van der Waals surface area contributed by atoms with Gasteiger partial charge in [0.1, 0.15) is 0 Å². The first-order chi connectivity index (χ1) is 7.66. The molecule has 0 aliphatic carbocycles. The molecule has 7 heteroatoms. The van der Waals surface area contributed by atoms with Crippen LogP contribution in [-0.4, -0.2) is 31.0 Å². The largest absolute Gasteiger partial charge is 0.474 e. The van der Waals surface area contributed by atoms with Crippen molar-refractivity contribution in [2.45, 2.75) is 19.4 Å². The predicted octanol–water partition coefficient (Wildman–Crippen LogP) is 0.768. The molecule has 84 valence electrons. The van der Waals surface area contributed by atoms with Crippen LogP contribution in [0.1, 0.15) is 29.5 Å². The lowest BCUT2D eigenvalue weighted by Gasteiger charge is -2.08. The summed E-state index contributed by atoms with van der Waals surface area (Å²) in [5.41, 5.74) is 0. The van der Waals surface area contributed by atoms with E-state index < -0.39 is 5.97 Å². The molecule has 0 fully saturated rings. The summed E-state index contributed by atoms with van der Waals surface area (Å²) in [5.74, 6) is -1.24. The first-order valence-electron chi connectivity index (χ1n) is 4.72. The summed E-state index contributed by atoms with van der Waals surface area (Å²) in [6, 6.07) is 1.87. The van der Waals surface area contributed by atoms with Gasteiger partial charge in [0.05, 0.1) is 6.04 Å². The SMILES string of the molecule is C[C@@H](Cc1noc(C(=O)O)n1)n1cccn1. The van der Waals surface area contributed by atoms with E-state index in [1.54, 1.807) is 10.9 Å². The molecule has 1 N–H and O–H groups in total. The van der Waals surface area contributed by atoms with Crippen LogP contribution in [0.5, 0.6) is 0 Å². The van der Waals surface area contributed by atoms with Gasteiger partial charge in [0.2, 0.25) is 0 Å². The van der Waals surface area contributed by atoms with Crippen LogP contribution < -0.4 is 0 Å². The van der Waals surface area contributed by atoms with Crippen molar-refractivity contribution in [2.75, 3.05) is 0 Å². The van der Waals surface area contributed by atoms with E-state index in [9.17, 15) is 4.79 Å². The molecular weight excluding hydrogens is 212 g/mol. The van der Waals surface area contributed by atoms with Crippen molar-refractivity contribution in [1.82, 2.24) is 19.9 Å². The van der Waals surface area contributed by atoms with Crippen molar-refractivity contribution in [3.63, 3.8) is 0 Å². The zero-order valence-corrected chi connectivity index (χ0v) is 8.57. The number of aromatic carboxylic acids is 1. The molecule has 0 bridgehead atoms. The minimum atomic E-state index is -1.22. The van der Waals surface area contributed by atoms with Crippen LogP contribution in [0.4, 0.5) is 0 Å². The lowest BCUT2D eigenvalue weighted by atomic mass is 10.2. The molecule has 0 saturated heterocycles. The van der Waals surface area contributed by atoms with E-state index in [1.165, 1.54) is 0 Å². The van der Waals surface area contributed by atoms with Crippen LogP contribution in [0, 0.1) is 0 Å². The zero-order valence-electron chi connectivity index (χ0n) is 8.57. The maximum atomic E-state index is 10.5. The standard InChI is InChI=1S/C9H10N4O3/c1-6(13-4-2-3-10-13)5-7-11-8(9(14)15)16-12-7/h2-4,6H,5H2,1H3,(H,14,15)/t6-/m0/s1. The topological polar surface area (TPSA) is 94.0 Å². The van der Waals surface area contributed by atoms with Crippen LogP contribution >= 0.6 is 0 Å². The summed E-state index contributed by atoms with van der Waals surface area (Å²) >= 11 is 0. The Morgan fingerprint density at radius 3 is 3.06 bits per heavy atom. The third-order valence-electron chi connectivity index (χ3n) is 2.11. The Balaban J connectivity index is 2.06. The minimum absolute atomic E-state index is 0.0502. The predicted molar refractivity (Wildman–Crippen MR) is 51.9 cm³/mol. The van der Waals surface area contributed by atoms with Gasteiger partial charge in [-0.05, 0) is 13.0 Å². The Hall–Kier alpha value is -2.18. The second-order valence-corrected chi connectivity index (χ2v) is 3.36. The van der Waals surface area contributed by atoms with Crippen molar-refractivity contribution in [3.8, 4) is 0 Å². The Kier molecular flexibility index (Phi) is 2.67. The third-order valence-corrected chi connectivity index (χ3v) is 2.11. The van der Waals surface area contributed by atoms with E-state index >= 15 is 0 Å². The summed E-state index contributed by atoms with van der Waals surface area (Å²) in [5, 5.41) is 16.3. The minimum Gasteiger partial charge on any atom is -0.474 e. The number of aromatic nitrogens is 4. The molecule has 0 spiro atoms. The summed E-state index contributed by atoms with van der Waals surface area (Å²) in [7, 11) is 0. The first kappa shape index (κ1) is 10.3. The molecule has 0 amide bonds. The molecule has 0 aliphatic heterocycles. The number of hydrogen-bond acceptors (Lipinski definition) is 5. The Morgan fingerprint density at radius 1 is 1.69 bits per heavy atom. The van der Waals surface area contributed by atoms with Crippen LogP contribution in [0.3, 0.4) is 0 Å². The normalized spacial score (nSPS) is 12.6. The fraction of sp³-hybridized carbons (Fsp3) is 0.333. The number of carboxylic acid groups (broad SMARTS) is 1. The summed E-state index contributed by atoms with van der Waals surface area (Å²) in [4.78, 5) is 14.3. The number of carbonyl (C=O) groups is 1. The van der Waals surface area contributed by atoms with Gasteiger partial charge in [-0.25, -0.2) is 4.79 Å². The monoisotopic (exact) mass is 222 g/mol. The Morgan fingerprint density at radius 2 is 2.50 bits per heavy atom. The van der Waals surface area contributed by atoms with E-state index in [2.05, 4.69) is 19.8 Å². The molecule has 0 aliphatic rings. The second-order valence-electron chi connectivity index (χ2n) is 3.36. The molecule has 16 heavy (non-hydrogen) atoms. The maximum Gasteiger partial charge on any atom is 0.394 e. The van der Waals surface area contributed by atoms with Crippen molar-refractivity contribution in [3.05, 3.63) is 30.2 Å². The van der Waals surface area contributed by atoms with Crippen molar-refractivity contribution >= 4 is 5.97 Å². The second kappa shape index (κ2) is 4.13. The highest BCUT2D eigenvalue weighted by Crippen LogP contribution is 2.10. The summed E-state index contributed by atoms with van der Waals surface area (Å²) < 4.78 is 6.30. The van der Waals surface area contributed by atoms with Gasteiger partial charge in [-0.2, -0.15) is 10.1 Å². The van der Waals surface area contributed by atoms with Crippen molar-refractivity contribution < 1.29 is 14.4 Å². The van der Waals surface area contributed by atoms with Gasteiger partial charge in [0, 0.05) is 18.8 Å². The van der Waals surface area contributed by atoms with Gasteiger partial charge in [0.15, 0.2) is 5.82 Å². The van der Waals surface area contributed by atoms with E-state index in [-0.39, 0.29) is 11.9 Å². The Bertz CT molecular complexity index is 477. The van der Waals surface area contributed by atoms with Gasteiger partial charge in [-0.1, -0.05) is 5.16 Å². The molecule has 0 aromatic carbocycles. The lowest BCUT2D eigenvalue weighted by molar-refractivity contribution is 0.0643. The molecule has 2 rings (SSSR count). The molecule has 2 aromatic rings. The van der Waals surface area contributed by atoms with E-state index in [4.69, 9.17) is 5.11 Å². The molecule has 0 unspecified atom stereocenters. The first-order valence-corrected chi connectivity index (χ1v) is 4.72. The number of hydrogen-bond donors (Lipinski definition) is 1. The van der Waals surface area contributed by atoms with Gasteiger partial charge < -0.3 is 9.63 Å². The fourth-order valence-electron chi connectivity index (χ4n) is 1.32. The smallest absolute Gasteiger partial charge is 0.394 e. The van der Waals surface area contributed by atoms with Crippen LogP contribution in [0.15, 0.2) is 23.0 Å². The average Bonchev–Trinajstić information content (AvgIpc) is 2.87. The quantitative estimate of drug-likeness (QED) is 0.820. The van der Waals surface area contributed by atoms with E-state index in [0.29, 0.717) is 12.2 Å². The molecule has 2 aromatic heterocycles. The summed E-state index contributed by atoms with van der Waals surface area (Å²) in [6.07, 6.45) is 3.97. The summed E-state index contributed by atoms with van der Waals surface area (Å²) in [6.45, 7) is 1.93. The number of nitrogens with zero attached hydrogens (tertiary/aromatic N) is 4. The van der Waals surface area contributed by atoms with E-state index in [1.807, 2.05) is 19.2 Å². The van der Waals surface area contributed by atoms with Crippen molar-refractivity contribution in [2.24, 2.45) is 0 Å². The van der Waals surface area contributed by atoms with Gasteiger partial charge in [-0.3, -0.25) is 4.68 Å². The van der Waals surface area contributed by atoms with E-state index in [0.717, 1.165) is 0 Å². The molecule has 0 radical (unpaired) electrons. The maximum absolute atomic E-state index is 10.5. The highest BCUT2D eigenvalue weighted by Gasteiger charge is 2.15. The van der Waals surface area contributed by atoms with Crippen LogP contribution in [0.25, 0.3) is 0 Å². The highest BCUT2D eigenvalue weighted by molar-refractivity contribution is 5.81. The van der Waals surface area contributed by atoms with Crippen LogP contribution in [0.2, 0.25) is 0 Å². The molecule has 7 nitrogen and oxygen atoms in total. The molecule has 0 saturated carbocycles.